The van der Waals surface area contributed by atoms with Crippen molar-refractivity contribution in [1.82, 2.24) is 10.6 Å². The van der Waals surface area contributed by atoms with E-state index >= 15 is 0 Å². The molecule has 35 heavy (non-hydrogen) atoms. The molecule has 1 heterocycles. The molecule has 188 valence electrons. The van der Waals surface area contributed by atoms with Crippen LogP contribution in [0.1, 0.15) is 31.2 Å². The molecule has 1 unspecified atom stereocenters. The molecule has 0 bridgehead atoms. The SMILES string of the molecule is CSCC[C@H](NC(=O)C1=CCC(CS(=O)(=O)C=N[C@H]2CCC(=O)N2)C=C1c1ccccc1)C(=O)O. The number of hydrogen-bond donors (Lipinski definition) is 3. The van der Waals surface area contributed by atoms with Gasteiger partial charge in [0.25, 0.3) is 5.91 Å². The molecule has 1 saturated heterocycles. The minimum absolute atomic E-state index is 0.151. The number of carboxylic acid groups (broad SMARTS) is 1. The number of carbonyl (C=O) groups excluding carboxylic acids is 2. The zero-order valence-electron chi connectivity index (χ0n) is 19.3. The molecule has 0 saturated carbocycles. The number of thioether (sulfide) groups is 1. The van der Waals surface area contributed by atoms with Crippen LogP contribution in [0.15, 0.2) is 53.0 Å². The van der Waals surface area contributed by atoms with Crippen LogP contribution in [0.25, 0.3) is 5.57 Å². The van der Waals surface area contributed by atoms with Gasteiger partial charge in [0.1, 0.15) is 17.8 Å². The third-order valence-electron chi connectivity index (χ3n) is 5.68. The second-order valence-electron chi connectivity index (χ2n) is 8.41. The molecule has 1 aliphatic carbocycles. The van der Waals surface area contributed by atoms with Gasteiger partial charge in [-0.1, -0.05) is 42.5 Å². The first-order chi connectivity index (χ1) is 16.7. The summed E-state index contributed by atoms with van der Waals surface area (Å²) in [5, 5.41) is 14.7. The van der Waals surface area contributed by atoms with Gasteiger partial charge in [-0.25, -0.2) is 13.2 Å². The number of carbonyl (C=O) groups is 3. The molecule has 9 nitrogen and oxygen atoms in total. The van der Waals surface area contributed by atoms with Gasteiger partial charge >= 0.3 is 5.97 Å². The summed E-state index contributed by atoms with van der Waals surface area (Å²) < 4.78 is 25.3. The van der Waals surface area contributed by atoms with E-state index in [9.17, 15) is 27.9 Å². The summed E-state index contributed by atoms with van der Waals surface area (Å²) in [6.07, 6.45) is 6.14. The van der Waals surface area contributed by atoms with Gasteiger partial charge in [-0.15, -0.1) is 0 Å². The van der Waals surface area contributed by atoms with Crippen molar-refractivity contribution in [1.29, 1.82) is 0 Å². The smallest absolute Gasteiger partial charge is 0.326 e. The summed E-state index contributed by atoms with van der Waals surface area (Å²) in [5.74, 6) is -1.78. The van der Waals surface area contributed by atoms with Gasteiger partial charge in [-0.2, -0.15) is 11.8 Å². The standard InChI is InChI=1S/C24H29N3O6S2/c1-34-12-11-20(24(30)31)26-23(29)18-8-7-16(13-19(18)17-5-3-2-4-6-17)14-35(32,33)15-25-21-9-10-22(28)27-21/h2-6,8,13,15-16,20-21H,7,9-12,14H2,1H3,(H,26,29)(H,27,28)(H,30,31)/t16?,20-,21+/m0/s1. The number of hydrogen-bond acceptors (Lipinski definition) is 7. The van der Waals surface area contributed by atoms with E-state index in [0.717, 1.165) is 11.1 Å². The Bertz CT molecular complexity index is 1150. The van der Waals surface area contributed by atoms with Crippen molar-refractivity contribution in [3.8, 4) is 0 Å². The van der Waals surface area contributed by atoms with E-state index in [1.807, 2.05) is 36.6 Å². The summed E-state index contributed by atoms with van der Waals surface area (Å²) in [4.78, 5) is 40.0. The van der Waals surface area contributed by atoms with Crippen LogP contribution in [0.2, 0.25) is 0 Å². The minimum Gasteiger partial charge on any atom is -0.480 e. The predicted octanol–water partition coefficient (Wildman–Crippen LogP) is 2.02. The van der Waals surface area contributed by atoms with Crippen LogP contribution in [-0.2, 0) is 24.2 Å². The molecule has 1 aromatic carbocycles. The number of aliphatic carboxylic acids is 1. The first kappa shape index (κ1) is 26.7. The van der Waals surface area contributed by atoms with Crippen molar-refractivity contribution in [2.24, 2.45) is 10.9 Å². The molecule has 1 fully saturated rings. The molecule has 0 radical (unpaired) electrons. The van der Waals surface area contributed by atoms with Crippen molar-refractivity contribution < 1.29 is 27.9 Å². The van der Waals surface area contributed by atoms with E-state index in [-0.39, 0.29) is 11.7 Å². The Hall–Kier alpha value is -2.92. The summed E-state index contributed by atoms with van der Waals surface area (Å²) >= 11 is 1.50. The van der Waals surface area contributed by atoms with Crippen molar-refractivity contribution >= 4 is 50.5 Å². The van der Waals surface area contributed by atoms with Crippen molar-refractivity contribution in [3.05, 3.63) is 53.6 Å². The van der Waals surface area contributed by atoms with Gasteiger partial charge in [0.15, 0.2) is 9.84 Å². The molecule has 2 amide bonds. The molecule has 3 atom stereocenters. The van der Waals surface area contributed by atoms with Crippen LogP contribution in [0.4, 0.5) is 0 Å². The number of rotatable bonds is 11. The molecule has 11 heteroatoms. The third-order valence-corrected chi connectivity index (χ3v) is 7.66. The topological polar surface area (TPSA) is 142 Å². The van der Waals surface area contributed by atoms with E-state index in [0.29, 0.717) is 42.6 Å². The summed E-state index contributed by atoms with van der Waals surface area (Å²) in [6, 6.07) is 8.07. The Labute approximate surface area is 209 Å². The molecule has 0 aromatic heterocycles. The highest BCUT2D eigenvalue weighted by Gasteiger charge is 2.28. The fourth-order valence-electron chi connectivity index (χ4n) is 3.92. The average Bonchev–Trinajstić information content (AvgIpc) is 3.25. The van der Waals surface area contributed by atoms with Gasteiger partial charge in [0, 0.05) is 12.0 Å². The normalized spacial score (nSPS) is 21.2. The zero-order chi connectivity index (χ0) is 25.4. The van der Waals surface area contributed by atoms with E-state index < -0.39 is 39.8 Å². The first-order valence-electron chi connectivity index (χ1n) is 11.2. The predicted molar refractivity (Wildman–Crippen MR) is 137 cm³/mol. The molecule has 2 aliphatic rings. The highest BCUT2D eigenvalue weighted by atomic mass is 32.2. The maximum atomic E-state index is 13.1. The molecule has 1 aliphatic heterocycles. The Morgan fingerprint density at radius 2 is 2.06 bits per heavy atom. The van der Waals surface area contributed by atoms with E-state index in [2.05, 4.69) is 15.6 Å². The molecule has 0 spiro atoms. The fraction of sp³-hybridized carbons (Fsp3) is 0.417. The molecular formula is C24H29N3O6S2. The Morgan fingerprint density at radius 3 is 2.69 bits per heavy atom. The molecule has 1 aromatic rings. The number of allylic oxidation sites excluding steroid dienone is 2. The quantitative estimate of drug-likeness (QED) is 0.300. The first-order valence-corrected chi connectivity index (χ1v) is 14.3. The van der Waals surface area contributed by atoms with E-state index in [4.69, 9.17) is 0 Å². The highest BCUT2D eigenvalue weighted by Crippen LogP contribution is 2.32. The summed E-state index contributed by atoms with van der Waals surface area (Å²) in [6.45, 7) is 0. The molecule has 3 rings (SSSR count). The molecular weight excluding hydrogens is 490 g/mol. The Balaban J connectivity index is 1.78. The zero-order valence-corrected chi connectivity index (χ0v) is 21.0. The van der Waals surface area contributed by atoms with Crippen LogP contribution in [0, 0.1) is 5.92 Å². The maximum Gasteiger partial charge on any atom is 0.326 e. The van der Waals surface area contributed by atoms with Gasteiger partial charge in [-0.05, 0) is 48.3 Å². The number of benzene rings is 1. The number of sulfone groups is 1. The lowest BCUT2D eigenvalue weighted by Crippen LogP contribution is -2.42. The second-order valence-corrected chi connectivity index (χ2v) is 11.3. The van der Waals surface area contributed by atoms with Crippen LogP contribution in [0.3, 0.4) is 0 Å². The van der Waals surface area contributed by atoms with E-state index in [1.165, 1.54) is 11.8 Å². The number of amides is 2. The van der Waals surface area contributed by atoms with Crippen molar-refractivity contribution in [2.45, 2.75) is 37.9 Å². The summed E-state index contributed by atoms with van der Waals surface area (Å²) in [7, 11) is -3.67. The number of aliphatic imine (C=N–C) groups is 1. The molecule has 3 N–H and O–H groups in total. The largest absolute Gasteiger partial charge is 0.480 e. The van der Waals surface area contributed by atoms with Gasteiger partial charge < -0.3 is 15.7 Å². The number of carboxylic acids is 1. The van der Waals surface area contributed by atoms with Crippen LogP contribution >= 0.6 is 11.8 Å². The van der Waals surface area contributed by atoms with Crippen molar-refractivity contribution in [3.63, 3.8) is 0 Å². The monoisotopic (exact) mass is 519 g/mol. The minimum atomic E-state index is -3.67. The van der Waals surface area contributed by atoms with Crippen LogP contribution in [0.5, 0.6) is 0 Å². The van der Waals surface area contributed by atoms with Crippen molar-refractivity contribution in [2.75, 3.05) is 17.8 Å². The van der Waals surface area contributed by atoms with Gasteiger partial charge in [-0.3, -0.25) is 14.6 Å². The van der Waals surface area contributed by atoms with Crippen LogP contribution < -0.4 is 10.6 Å². The summed E-state index contributed by atoms with van der Waals surface area (Å²) in [5.41, 5.74) is 2.52. The fourth-order valence-corrected chi connectivity index (χ4v) is 5.64. The maximum absolute atomic E-state index is 13.1. The van der Waals surface area contributed by atoms with Crippen LogP contribution in [-0.4, -0.2) is 66.8 Å². The van der Waals surface area contributed by atoms with Gasteiger partial charge in [0.2, 0.25) is 5.91 Å². The Kier molecular flexibility index (Phi) is 9.27. The third kappa shape index (κ3) is 7.79. The van der Waals surface area contributed by atoms with Gasteiger partial charge in [0.05, 0.1) is 5.75 Å². The van der Waals surface area contributed by atoms with E-state index in [1.54, 1.807) is 12.2 Å². The highest BCUT2D eigenvalue weighted by molar-refractivity contribution is 8.04. The number of nitrogens with zero attached hydrogens (tertiary/aromatic N) is 1. The lowest BCUT2D eigenvalue weighted by atomic mass is 9.87. The lowest BCUT2D eigenvalue weighted by molar-refractivity contribution is -0.141. The number of nitrogens with one attached hydrogen (secondary N) is 2. The average molecular weight is 520 g/mol. The second kappa shape index (κ2) is 12.2. The lowest BCUT2D eigenvalue weighted by Gasteiger charge is -2.23. The Morgan fingerprint density at radius 1 is 1.31 bits per heavy atom.